The molecule has 0 aliphatic rings. The fourth-order valence-corrected chi connectivity index (χ4v) is 2.25. The van der Waals surface area contributed by atoms with Gasteiger partial charge < -0.3 is 14.6 Å². The molecule has 0 bridgehead atoms. The predicted molar refractivity (Wildman–Crippen MR) is 74.5 cm³/mol. The van der Waals surface area contributed by atoms with Gasteiger partial charge in [-0.25, -0.2) is 4.98 Å². The maximum atomic E-state index is 5.28. The van der Waals surface area contributed by atoms with Crippen LogP contribution >= 0.6 is 0 Å². The van der Waals surface area contributed by atoms with E-state index < -0.39 is 0 Å². The van der Waals surface area contributed by atoms with Crippen molar-refractivity contribution in [3.8, 4) is 5.75 Å². The van der Waals surface area contributed by atoms with Crippen molar-refractivity contribution >= 4 is 27.6 Å². The Labute approximate surface area is 105 Å². The average molecular weight is 241 g/mol. The lowest BCUT2D eigenvalue weighted by molar-refractivity contribution is 0.415. The molecular formula is C14H15N3O. The number of benzene rings is 1. The number of hydrogen-bond donors (Lipinski definition) is 1. The molecule has 0 saturated carbocycles. The SMILES string of the molecule is COc1ccc2[nH]c3c(N(C)C)nccc3c2c1. The number of rotatable bonds is 2. The first-order valence-corrected chi connectivity index (χ1v) is 5.82. The largest absolute Gasteiger partial charge is 0.497 e. The normalized spacial score (nSPS) is 11.1. The van der Waals surface area contributed by atoms with E-state index in [0.717, 1.165) is 28.0 Å². The number of anilines is 1. The van der Waals surface area contributed by atoms with Gasteiger partial charge in [0.05, 0.1) is 12.6 Å². The van der Waals surface area contributed by atoms with Crippen LogP contribution in [-0.4, -0.2) is 31.2 Å². The molecule has 3 rings (SSSR count). The summed E-state index contributed by atoms with van der Waals surface area (Å²) >= 11 is 0. The molecule has 0 aliphatic carbocycles. The van der Waals surface area contributed by atoms with Crippen LogP contribution in [0, 0.1) is 0 Å². The summed E-state index contributed by atoms with van der Waals surface area (Å²) in [6, 6.07) is 8.07. The molecule has 0 aliphatic heterocycles. The summed E-state index contributed by atoms with van der Waals surface area (Å²) in [4.78, 5) is 9.84. The summed E-state index contributed by atoms with van der Waals surface area (Å²) in [7, 11) is 5.67. The number of pyridine rings is 1. The van der Waals surface area contributed by atoms with Crippen LogP contribution in [0.15, 0.2) is 30.5 Å². The van der Waals surface area contributed by atoms with E-state index in [4.69, 9.17) is 4.74 Å². The van der Waals surface area contributed by atoms with Crippen LogP contribution in [0.4, 0.5) is 5.82 Å². The van der Waals surface area contributed by atoms with E-state index in [-0.39, 0.29) is 0 Å². The lowest BCUT2D eigenvalue weighted by Crippen LogP contribution is -2.10. The van der Waals surface area contributed by atoms with Gasteiger partial charge in [-0.05, 0) is 24.3 Å². The van der Waals surface area contributed by atoms with Crippen molar-refractivity contribution in [2.45, 2.75) is 0 Å². The third-order valence-electron chi connectivity index (χ3n) is 3.13. The predicted octanol–water partition coefficient (Wildman–Crippen LogP) is 2.79. The highest BCUT2D eigenvalue weighted by Gasteiger charge is 2.10. The first kappa shape index (κ1) is 10.9. The molecule has 1 aromatic carbocycles. The van der Waals surface area contributed by atoms with Gasteiger partial charge in [0.15, 0.2) is 5.82 Å². The summed E-state index contributed by atoms with van der Waals surface area (Å²) in [6.45, 7) is 0. The van der Waals surface area contributed by atoms with Crippen LogP contribution in [0.3, 0.4) is 0 Å². The van der Waals surface area contributed by atoms with Crippen molar-refractivity contribution in [2.75, 3.05) is 26.1 Å². The van der Waals surface area contributed by atoms with E-state index in [9.17, 15) is 0 Å². The molecule has 4 nitrogen and oxygen atoms in total. The highest BCUT2D eigenvalue weighted by molar-refractivity contribution is 6.10. The number of nitrogens with one attached hydrogen (secondary N) is 1. The molecule has 4 heteroatoms. The molecular weight excluding hydrogens is 226 g/mol. The first-order valence-electron chi connectivity index (χ1n) is 5.82. The molecule has 18 heavy (non-hydrogen) atoms. The fourth-order valence-electron chi connectivity index (χ4n) is 2.25. The summed E-state index contributed by atoms with van der Waals surface area (Å²) in [5, 5.41) is 2.33. The summed E-state index contributed by atoms with van der Waals surface area (Å²) in [5.74, 6) is 1.81. The zero-order valence-corrected chi connectivity index (χ0v) is 10.7. The van der Waals surface area contributed by atoms with Gasteiger partial charge in [0, 0.05) is 36.6 Å². The summed E-state index contributed by atoms with van der Waals surface area (Å²) in [5.41, 5.74) is 2.16. The third kappa shape index (κ3) is 1.49. The number of hydrogen-bond acceptors (Lipinski definition) is 3. The topological polar surface area (TPSA) is 41.1 Å². The number of ether oxygens (including phenoxy) is 1. The molecule has 2 aromatic heterocycles. The van der Waals surface area contributed by atoms with Crippen molar-refractivity contribution in [3.05, 3.63) is 30.5 Å². The Bertz CT molecular complexity index is 715. The number of aromatic amines is 1. The average Bonchev–Trinajstić information content (AvgIpc) is 2.75. The van der Waals surface area contributed by atoms with Crippen molar-refractivity contribution in [3.63, 3.8) is 0 Å². The van der Waals surface area contributed by atoms with Crippen LogP contribution in [0.2, 0.25) is 0 Å². The third-order valence-corrected chi connectivity index (χ3v) is 3.13. The molecule has 0 atom stereocenters. The number of H-pyrrole nitrogens is 1. The molecule has 0 fully saturated rings. The molecule has 1 N–H and O–H groups in total. The van der Waals surface area contributed by atoms with Gasteiger partial charge in [-0.15, -0.1) is 0 Å². The molecule has 0 saturated heterocycles. The molecule has 92 valence electrons. The van der Waals surface area contributed by atoms with Crippen LogP contribution in [0.25, 0.3) is 21.8 Å². The van der Waals surface area contributed by atoms with E-state index >= 15 is 0 Å². The van der Waals surface area contributed by atoms with Crippen LogP contribution in [0.5, 0.6) is 5.75 Å². The molecule has 0 unspecified atom stereocenters. The standard InChI is InChI=1S/C14H15N3O/c1-17(2)14-13-10(6-7-15-14)11-8-9(18-3)4-5-12(11)16-13/h4-8,16H,1-3H3. The Morgan fingerprint density at radius 2 is 2.00 bits per heavy atom. The number of aromatic nitrogens is 2. The second-order valence-electron chi connectivity index (χ2n) is 4.49. The minimum absolute atomic E-state index is 0.867. The Kier molecular flexibility index (Phi) is 2.37. The first-order chi connectivity index (χ1) is 8.70. The maximum Gasteiger partial charge on any atom is 0.152 e. The molecule has 0 amide bonds. The van der Waals surface area contributed by atoms with Gasteiger partial charge in [-0.1, -0.05) is 0 Å². The smallest absolute Gasteiger partial charge is 0.152 e. The molecule has 0 spiro atoms. The second-order valence-corrected chi connectivity index (χ2v) is 4.49. The second kappa shape index (κ2) is 3.91. The Balaban J connectivity index is 2.40. The number of methoxy groups -OCH3 is 1. The van der Waals surface area contributed by atoms with Crippen molar-refractivity contribution in [2.24, 2.45) is 0 Å². The monoisotopic (exact) mass is 241 g/mol. The Morgan fingerprint density at radius 3 is 2.72 bits per heavy atom. The van der Waals surface area contributed by atoms with Crippen LogP contribution in [-0.2, 0) is 0 Å². The van der Waals surface area contributed by atoms with Gasteiger partial charge in [0.2, 0.25) is 0 Å². The van der Waals surface area contributed by atoms with E-state index in [2.05, 4.69) is 9.97 Å². The van der Waals surface area contributed by atoms with Gasteiger partial charge in [-0.3, -0.25) is 0 Å². The highest BCUT2D eigenvalue weighted by atomic mass is 16.5. The minimum Gasteiger partial charge on any atom is -0.497 e. The van der Waals surface area contributed by atoms with Crippen molar-refractivity contribution in [1.29, 1.82) is 0 Å². The minimum atomic E-state index is 0.867. The number of nitrogens with zero attached hydrogens (tertiary/aromatic N) is 2. The summed E-state index contributed by atoms with van der Waals surface area (Å²) < 4.78 is 5.28. The van der Waals surface area contributed by atoms with Gasteiger partial charge in [-0.2, -0.15) is 0 Å². The molecule has 0 radical (unpaired) electrons. The Morgan fingerprint density at radius 1 is 1.17 bits per heavy atom. The lowest BCUT2D eigenvalue weighted by Gasteiger charge is -2.11. The quantitative estimate of drug-likeness (QED) is 0.750. The highest BCUT2D eigenvalue weighted by Crippen LogP contribution is 2.31. The van der Waals surface area contributed by atoms with Gasteiger partial charge >= 0.3 is 0 Å². The van der Waals surface area contributed by atoms with E-state index in [1.54, 1.807) is 7.11 Å². The van der Waals surface area contributed by atoms with Crippen LogP contribution < -0.4 is 9.64 Å². The zero-order valence-electron chi connectivity index (χ0n) is 10.7. The van der Waals surface area contributed by atoms with E-state index in [0.29, 0.717) is 0 Å². The maximum absolute atomic E-state index is 5.28. The van der Waals surface area contributed by atoms with Crippen LogP contribution in [0.1, 0.15) is 0 Å². The van der Waals surface area contributed by atoms with Gasteiger partial charge in [0.1, 0.15) is 5.75 Å². The molecule has 2 heterocycles. The van der Waals surface area contributed by atoms with Crippen molar-refractivity contribution in [1.82, 2.24) is 9.97 Å². The van der Waals surface area contributed by atoms with E-state index in [1.807, 2.05) is 49.5 Å². The summed E-state index contributed by atoms with van der Waals surface area (Å²) in [6.07, 6.45) is 1.84. The zero-order chi connectivity index (χ0) is 12.7. The lowest BCUT2D eigenvalue weighted by atomic mass is 10.2. The van der Waals surface area contributed by atoms with E-state index in [1.165, 1.54) is 5.39 Å². The van der Waals surface area contributed by atoms with Gasteiger partial charge in [0.25, 0.3) is 0 Å². The number of fused-ring (bicyclic) bond motifs is 3. The molecule has 3 aromatic rings. The van der Waals surface area contributed by atoms with Crippen molar-refractivity contribution < 1.29 is 4.74 Å². The fraction of sp³-hybridized carbons (Fsp3) is 0.214. The Hall–Kier alpha value is -2.23.